The van der Waals surface area contributed by atoms with E-state index in [2.05, 4.69) is 0 Å². The number of phenols is 1. The second kappa shape index (κ2) is 11.1. The van der Waals surface area contributed by atoms with Crippen LogP contribution < -0.4 is 4.74 Å². The zero-order valence-electron chi connectivity index (χ0n) is 16.2. The molecule has 0 unspecified atom stereocenters. The van der Waals surface area contributed by atoms with Crippen LogP contribution in [0.15, 0.2) is 29.8 Å². The highest BCUT2D eigenvalue weighted by Gasteiger charge is 2.18. The molecule has 0 amide bonds. The molecule has 0 heterocycles. The fraction of sp³-hybridized carbons (Fsp3) is 0.591. The number of carbonyl (C=O) groups is 1. The molecule has 3 N–H and O–H groups in total. The average molecular weight is 376 g/mol. The first-order valence-electron chi connectivity index (χ1n) is 10.0. The predicted octanol–water partition coefficient (Wildman–Crippen LogP) is 3.54. The molecule has 1 atom stereocenters. The summed E-state index contributed by atoms with van der Waals surface area (Å²) in [6.45, 7) is 1.86. The van der Waals surface area contributed by atoms with E-state index in [4.69, 9.17) is 9.84 Å². The molecule has 5 nitrogen and oxygen atoms in total. The standard InChI is InChI=1S/C22H32O5/c1-2-17(11-12-23)18(15-24)14-19(25)9-7-16-8-10-21(26)22(13-16)27-20-5-3-4-6-20/h8,10,13-14,17,20,23-24,26H,2-7,9,11-12,15H2,1H3/b18-14+/t17-/m0/s1. The van der Waals surface area contributed by atoms with Gasteiger partial charge in [0.15, 0.2) is 17.3 Å². The Morgan fingerprint density at radius 1 is 1.30 bits per heavy atom. The first-order chi connectivity index (χ1) is 13.1. The lowest BCUT2D eigenvalue weighted by atomic mass is 9.92. The topological polar surface area (TPSA) is 87.0 Å². The third kappa shape index (κ3) is 6.67. The minimum absolute atomic E-state index is 0.0315. The van der Waals surface area contributed by atoms with Crippen molar-refractivity contribution in [2.75, 3.05) is 13.2 Å². The minimum Gasteiger partial charge on any atom is -0.504 e. The number of benzene rings is 1. The zero-order chi connectivity index (χ0) is 19.6. The fourth-order valence-electron chi connectivity index (χ4n) is 3.64. The smallest absolute Gasteiger partial charge is 0.161 e. The number of carbonyl (C=O) groups excluding carboxylic acids is 1. The first-order valence-corrected chi connectivity index (χ1v) is 10.0. The molecule has 1 saturated carbocycles. The van der Waals surface area contributed by atoms with Gasteiger partial charge >= 0.3 is 0 Å². The lowest BCUT2D eigenvalue weighted by Crippen LogP contribution is -2.12. The van der Waals surface area contributed by atoms with Crippen LogP contribution >= 0.6 is 0 Å². The summed E-state index contributed by atoms with van der Waals surface area (Å²) in [5, 5.41) is 28.7. The number of allylic oxidation sites excluding steroid dienone is 1. The normalized spacial score (nSPS) is 16.5. The molecular formula is C22H32O5. The van der Waals surface area contributed by atoms with Crippen molar-refractivity contribution in [1.29, 1.82) is 0 Å². The summed E-state index contributed by atoms with van der Waals surface area (Å²) < 4.78 is 5.90. The molecule has 1 aliphatic carbocycles. The third-order valence-corrected chi connectivity index (χ3v) is 5.30. The number of ether oxygens (including phenoxy) is 1. The molecule has 2 rings (SSSR count). The number of phenolic OH excluding ortho intramolecular Hbond substituents is 1. The molecule has 0 aliphatic heterocycles. The van der Waals surface area contributed by atoms with Crippen LogP contribution in [0.4, 0.5) is 0 Å². The lowest BCUT2D eigenvalue weighted by molar-refractivity contribution is -0.114. The van der Waals surface area contributed by atoms with Crippen molar-refractivity contribution >= 4 is 5.78 Å². The van der Waals surface area contributed by atoms with E-state index in [1.165, 1.54) is 6.08 Å². The van der Waals surface area contributed by atoms with E-state index in [0.717, 1.165) is 37.7 Å². The quantitative estimate of drug-likeness (QED) is 0.514. The molecule has 0 radical (unpaired) electrons. The molecule has 27 heavy (non-hydrogen) atoms. The number of aliphatic hydroxyl groups excluding tert-OH is 2. The molecule has 0 aromatic heterocycles. The summed E-state index contributed by atoms with van der Waals surface area (Å²) in [4.78, 5) is 12.3. The van der Waals surface area contributed by atoms with Gasteiger partial charge in [-0.3, -0.25) is 4.79 Å². The second-order valence-electron chi connectivity index (χ2n) is 7.29. The second-order valence-corrected chi connectivity index (χ2v) is 7.29. The summed E-state index contributed by atoms with van der Waals surface area (Å²) in [7, 11) is 0. The Morgan fingerprint density at radius 3 is 2.67 bits per heavy atom. The molecule has 1 aromatic carbocycles. The van der Waals surface area contributed by atoms with E-state index >= 15 is 0 Å². The highest BCUT2D eigenvalue weighted by atomic mass is 16.5. The maximum atomic E-state index is 12.3. The van der Waals surface area contributed by atoms with Gasteiger partial charge in [-0.1, -0.05) is 13.0 Å². The van der Waals surface area contributed by atoms with Crippen molar-refractivity contribution in [1.82, 2.24) is 0 Å². The van der Waals surface area contributed by atoms with Crippen LogP contribution in [0.5, 0.6) is 11.5 Å². The molecule has 5 heteroatoms. The Labute approximate surface area is 161 Å². The number of rotatable bonds is 11. The van der Waals surface area contributed by atoms with Crippen molar-refractivity contribution in [3.05, 3.63) is 35.4 Å². The van der Waals surface area contributed by atoms with Crippen molar-refractivity contribution in [3.63, 3.8) is 0 Å². The van der Waals surface area contributed by atoms with Crippen LogP contribution in [0.1, 0.15) is 57.4 Å². The van der Waals surface area contributed by atoms with E-state index in [0.29, 0.717) is 30.6 Å². The molecule has 0 spiro atoms. The number of aromatic hydroxyl groups is 1. The average Bonchev–Trinajstić information content (AvgIpc) is 3.18. The van der Waals surface area contributed by atoms with E-state index in [1.54, 1.807) is 12.1 Å². The first kappa shape index (κ1) is 21.5. The van der Waals surface area contributed by atoms with E-state index in [-0.39, 0.29) is 36.8 Å². The molecule has 1 aromatic rings. The summed E-state index contributed by atoms with van der Waals surface area (Å²) in [6.07, 6.45) is 8.25. The van der Waals surface area contributed by atoms with Crippen LogP contribution in [-0.2, 0) is 11.2 Å². The molecule has 0 saturated heterocycles. The summed E-state index contributed by atoms with van der Waals surface area (Å²) in [5.74, 6) is 0.618. The molecule has 150 valence electrons. The largest absolute Gasteiger partial charge is 0.504 e. The van der Waals surface area contributed by atoms with Crippen molar-refractivity contribution in [3.8, 4) is 11.5 Å². The number of ketones is 1. The Morgan fingerprint density at radius 2 is 2.04 bits per heavy atom. The Hall–Kier alpha value is -1.85. The summed E-state index contributed by atoms with van der Waals surface area (Å²) >= 11 is 0. The van der Waals surface area contributed by atoms with Crippen LogP contribution in [0.25, 0.3) is 0 Å². The van der Waals surface area contributed by atoms with Crippen LogP contribution in [-0.4, -0.2) is 40.4 Å². The van der Waals surface area contributed by atoms with Crippen molar-refractivity contribution in [2.45, 2.75) is 64.4 Å². The number of hydrogen-bond donors (Lipinski definition) is 3. The number of aliphatic hydroxyl groups is 2. The summed E-state index contributed by atoms with van der Waals surface area (Å²) in [5.41, 5.74) is 1.63. The van der Waals surface area contributed by atoms with Crippen LogP contribution in [0.3, 0.4) is 0 Å². The van der Waals surface area contributed by atoms with Gasteiger partial charge in [-0.05, 0) is 80.2 Å². The van der Waals surface area contributed by atoms with Crippen LogP contribution in [0, 0.1) is 5.92 Å². The zero-order valence-corrected chi connectivity index (χ0v) is 16.2. The number of aryl methyl sites for hydroxylation is 1. The Bertz CT molecular complexity index is 632. The van der Waals surface area contributed by atoms with Gasteiger partial charge in [-0.25, -0.2) is 0 Å². The van der Waals surface area contributed by atoms with Gasteiger partial charge in [0, 0.05) is 13.0 Å². The van der Waals surface area contributed by atoms with Crippen molar-refractivity contribution < 1.29 is 24.9 Å². The van der Waals surface area contributed by atoms with Gasteiger partial charge in [0.2, 0.25) is 0 Å². The minimum atomic E-state index is -0.164. The Kier molecular flexibility index (Phi) is 8.82. The molecule has 1 fully saturated rings. The van der Waals surface area contributed by atoms with Gasteiger partial charge in [-0.2, -0.15) is 0 Å². The summed E-state index contributed by atoms with van der Waals surface area (Å²) in [6, 6.07) is 5.24. The van der Waals surface area contributed by atoms with Gasteiger partial charge in [0.1, 0.15) is 0 Å². The van der Waals surface area contributed by atoms with Crippen molar-refractivity contribution in [2.24, 2.45) is 5.92 Å². The van der Waals surface area contributed by atoms with E-state index in [1.807, 2.05) is 13.0 Å². The van der Waals surface area contributed by atoms with E-state index < -0.39 is 0 Å². The fourth-order valence-corrected chi connectivity index (χ4v) is 3.64. The van der Waals surface area contributed by atoms with Gasteiger partial charge in [0.25, 0.3) is 0 Å². The third-order valence-electron chi connectivity index (χ3n) is 5.30. The highest BCUT2D eigenvalue weighted by molar-refractivity contribution is 5.90. The molecule has 0 bridgehead atoms. The maximum absolute atomic E-state index is 12.3. The van der Waals surface area contributed by atoms with Crippen LogP contribution in [0.2, 0.25) is 0 Å². The molecule has 1 aliphatic rings. The molecular weight excluding hydrogens is 344 g/mol. The highest BCUT2D eigenvalue weighted by Crippen LogP contribution is 2.32. The number of hydrogen-bond acceptors (Lipinski definition) is 5. The Balaban J connectivity index is 1.96. The van der Waals surface area contributed by atoms with E-state index in [9.17, 15) is 15.0 Å². The van der Waals surface area contributed by atoms with Gasteiger partial charge < -0.3 is 20.1 Å². The SMILES string of the molecule is CC[C@@H](CCO)/C(=C/C(=O)CCc1ccc(O)c(OC2CCCC2)c1)CO. The predicted molar refractivity (Wildman–Crippen MR) is 105 cm³/mol. The maximum Gasteiger partial charge on any atom is 0.161 e. The lowest BCUT2D eigenvalue weighted by Gasteiger charge is -2.16. The van der Waals surface area contributed by atoms with Gasteiger partial charge in [0.05, 0.1) is 12.7 Å². The monoisotopic (exact) mass is 376 g/mol. The van der Waals surface area contributed by atoms with Gasteiger partial charge in [-0.15, -0.1) is 0 Å².